The highest BCUT2D eigenvalue weighted by Crippen LogP contribution is 2.46. The third-order valence-electron chi connectivity index (χ3n) is 2.44. The second kappa shape index (κ2) is 5.47. The molecule has 0 spiro atoms. The van der Waals surface area contributed by atoms with Gasteiger partial charge in [-0.2, -0.15) is 13.2 Å². The standard InChI is InChI=1S/C11H4Cl3F3O4/c12-4-1-3-2-5(20-10(18)19)9(11(15,16)17)21-8(3)7(14)6(4)13/h1-2,9H,(H,18,19). The largest absolute Gasteiger partial charge is 0.511 e. The van der Waals surface area contributed by atoms with Crippen molar-refractivity contribution in [1.29, 1.82) is 0 Å². The smallest absolute Gasteiger partial charge is 0.471 e. The van der Waals surface area contributed by atoms with Crippen molar-refractivity contribution in [3.05, 3.63) is 32.5 Å². The summed E-state index contributed by atoms with van der Waals surface area (Å²) in [6.07, 6.45) is -8.60. The molecule has 1 aliphatic rings. The third-order valence-corrected chi connectivity index (χ3v) is 3.69. The Morgan fingerprint density at radius 3 is 2.43 bits per heavy atom. The van der Waals surface area contributed by atoms with Gasteiger partial charge in [0, 0.05) is 5.56 Å². The Labute approximate surface area is 130 Å². The zero-order chi connectivity index (χ0) is 15.9. The normalized spacial score (nSPS) is 17.6. The Bertz CT molecular complexity index is 643. The van der Waals surface area contributed by atoms with Crippen molar-refractivity contribution < 1.29 is 32.5 Å². The van der Waals surface area contributed by atoms with E-state index in [1.165, 1.54) is 6.07 Å². The lowest BCUT2D eigenvalue weighted by Crippen LogP contribution is -2.39. The van der Waals surface area contributed by atoms with Gasteiger partial charge >= 0.3 is 12.3 Å². The van der Waals surface area contributed by atoms with E-state index in [1.807, 2.05) is 0 Å². The molecule has 0 saturated heterocycles. The summed E-state index contributed by atoms with van der Waals surface area (Å²) in [7, 11) is 0. The summed E-state index contributed by atoms with van der Waals surface area (Å²) in [5, 5.41) is 7.99. The fraction of sp³-hybridized carbons (Fsp3) is 0.182. The number of rotatable bonds is 1. The van der Waals surface area contributed by atoms with Gasteiger partial charge in [-0.25, -0.2) is 4.79 Å². The molecule has 0 bridgehead atoms. The molecule has 2 rings (SSSR count). The predicted molar refractivity (Wildman–Crippen MR) is 69.0 cm³/mol. The highest BCUT2D eigenvalue weighted by Gasteiger charge is 2.48. The molecule has 1 unspecified atom stereocenters. The first-order valence-electron chi connectivity index (χ1n) is 5.14. The van der Waals surface area contributed by atoms with Crippen LogP contribution >= 0.6 is 34.8 Å². The molecule has 4 nitrogen and oxygen atoms in total. The minimum Gasteiger partial charge on any atom is -0.471 e. The van der Waals surface area contributed by atoms with Crippen LogP contribution in [0.25, 0.3) is 6.08 Å². The maximum atomic E-state index is 12.9. The molecular formula is C11H4Cl3F3O4. The molecule has 0 fully saturated rings. The summed E-state index contributed by atoms with van der Waals surface area (Å²) < 4.78 is 47.5. The second-order valence-corrected chi connectivity index (χ2v) is 5.02. The Morgan fingerprint density at radius 2 is 1.90 bits per heavy atom. The van der Waals surface area contributed by atoms with Crippen LogP contribution in [0.15, 0.2) is 11.8 Å². The topological polar surface area (TPSA) is 55.8 Å². The SMILES string of the molecule is O=C(O)OC1=Cc2cc(Cl)c(Cl)c(Cl)c2OC1C(F)(F)F. The van der Waals surface area contributed by atoms with Crippen LogP contribution in [0.4, 0.5) is 18.0 Å². The van der Waals surface area contributed by atoms with E-state index in [4.69, 9.17) is 44.6 Å². The maximum Gasteiger partial charge on any atom is 0.511 e. The molecule has 0 aromatic heterocycles. The van der Waals surface area contributed by atoms with Gasteiger partial charge in [0.15, 0.2) is 5.76 Å². The number of hydrogen-bond acceptors (Lipinski definition) is 3. The van der Waals surface area contributed by atoms with Crippen LogP contribution in [-0.4, -0.2) is 23.5 Å². The van der Waals surface area contributed by atoms with Crippen molar-refractivity contribution in [3.8, 4) is 5.75 Å². The van der Waals surface area contributed by atoms with Gasteiger partial charge in [0.25, 0.3) is 6.10 Å². The first kappa shape index (κ1) is 16.1. The van der Waals surface area contributed by atoms with Crippen LogP contribution in [-0.2, 0) is 4.74 Å². The average Bonchev–Trinajstić information content (AvgIpc) is 2.33. The lowest BCUT2D eigenvalue weighted by atomic mass is 10.1. The van der Waals surface area contributed by atoms with Crippen molar-refractivity contribution >= 4 is 47.0 Å². The van der Waals surface area contributed by atoms with Gasteiger partial charge < -0.3 is 14.6 Å². The van der Waals surface area contributed by atoms with Gasteiger partial charge in [0.05, 0.1) is 10.0 Å². The molecule has 1 atom stereocenters. The Balaban J connectivity index is 2.59. The second-order valence-electron chi connectivity index (χ2n) is 3.86. The molecule has 1 aliphatic heterocycles. The Kier molecular flexibility index (Phi) is 4.19. The van der Waals surface area contributed by atoms with E-state index in [0.717, 1.165) is 6.08 Å². The molecule has 1 aromatic carbocycles. The minimum absolute atomic E-state index is 0.0196. The molecular weight excluding hydrogens is 359 g/mol. The van der Waals surface area contributed by atoms with Crippen LogP contribution in [0.1, 0.15) is 5.56 Å². The first-order valence-corrected chi connectivity index (χ1v) is 6.28. The van der Waals surface area contributed by atoms with Gasteiger partial charge in [0.2, 0.25) is 0 Å². The Hall–Kier alpha value is -1.31. The van der Waals surface area contributed by atoms with Crippen LogP contribution < -0.4 is 4.74 Å². The van der Waals surface area contributed by atoms with E-state index in [1.54, 1.807) is 0 Å². The van der Waals surface area contributed by atoms with Gasteiger partial charge in [-0.15, -0.1) is 0 Å². The zero-order valence-electron chi connectivity index (χ0n) is 9.67. The average molecular weight is 364 g/mol. The molecule has 0 saturated carbocycles. The number of fused-ring (bicyclic) bond motifs is 1. The van der Waals surface area contributed by atoms with Crippen LogP contribution in [0.2, 0.25) is 15.1 Å². The lowest BCUT2D eigenvalue weighted by Gasteiger charge is -2.28. The number of carboxylic acid groups (broad SMARTS) is 1. The van der Waals surface area contributed by atoms with E-state index in [9.17, 15) is 18.0 Å². The number of benzene rings is 1. The Morgan fingerprint density at radius 1 is 1.29 bits per heavy atom. The van der Waals surface area contributed by atoms with Crippen molar-refractivity contribution in [2.24, 2.45) is 0 Å². The van der Waals surface area contributed by atoms with Crippen LogP contribution in [0, 0.1) is 0 Å². The highest BCUT2D eigenvalue weighted by molar-refractivity contribution is 6.48. The van der Waals surface area contributed by atoms with Crippen molar-refractivity contribution in [2.75, 3.05) is 0 Å². The van der Waals surface area contributed by atoms with Gasteiger partial charge in [-0.05, 0) is 12.1 Å². The predicted octanol–water partition coefficient (Wildman–Crippen LogP) is 5.01. The summed E-state index contributed by atoms with van der Waals surface area (Å²) in [6.45, 7) is 0. The number of halogens is 6. The van der Waals surface area contributed by atoms with E-state index in [-0.39, 0.29) is 26.4 Å². The maximum absolute atomic E-state index is 12.9. The van der Waals surface area contributed by atoms with E-state index < -0.39 is 24.2 Å². The molecule has 0 radical (unpaired) electrons. The van der Waals surface area contributed by atoms with Gasteiger partial charge in [-0.3, -0.25) is 0 Å². The summed E-state index contributed by atoms with van der Waals surface area (Å²) >= 11 is 17.3. The molecule has 1 aromatic rings. The van der Waals surface area contributed by atoms with Crippen molar-refractivity contribution in [2.45, 2.75) is 12.3 Å². The molecule has 0 amide bonds. The van der Waals surface area contributed by atoms with Gasteiger partial charge in [-0.1, -0.05) is 34.8 Å². The summed E-state index contributed by atoms with van der Waals surface area (Å²) in [5.74, 6) is -1.30. The molecule has 21 heavy (non-hydrogen) atoms. The fourth-order valence-electron chi connectivity index (χ4n) is 1.64. The summed E-state index contributed by atoms with van der Waals surface area (Å²) in [4.78, 5) is 10.5. The summed E-state index contributed by atoms with van der Waals surface area (Å²) in [5.41, 5.74) is 0.0196. The number of carbonyl (C=O) groups is 1. The quantitative estimate of drug-likeness (QED) is 0.563. The van der Waals surface area contributed by atoms with Crippen molar-refractivity contribution in [1.82, 2.24) is 0 Å². The van der Waals surface area contributed by atoms with Crippen molar-refractivity contribution in [3.63, 3.8) is 0 Å². The molecule has 10 heteroatoms. The van der Waals surface area contributed by atoms with Crippen LogP contribution in [0.3, 0.4) is 0 Å². The highest BCUT2D eigenvalue weighted by atomic mass is 35.5. The number of alkyl halides is 3. The zero-order valence-corrected chi connectivity index (χ0v) is 11.9. The van der Waals surface area contributed by atoms with E-state index >= 15 is 0 Å². The number of ether oxygens (including phenoxy) is 2. The lowest BCUT2D eigenvalue weighted by molar-refractivity contribution is -0.191. The molecule has 0 aliphatic carbocycles. The third kappa shape index (κ3) is 3.14. The minimum atomic E-state index is -4.91. The molecule has 1 heterocycles. The van der Waals surface area contributed by atoms with E-state index in [0.29, 0.717) is 0 Å². The van der Waals surface area contributed by atoms with Gasteiger partial charge in [0.1, 0.15) is 10.8 Å². The number of hydrogen-bond donors (Lipinski definition) is 1. The van der Waals surface area contributed by atoms with E-state index in [2.05, 4.69) is 4.74 Å². The first-order chi connectivity index (χ1) is 9.61. The summed E-state index contributed by atoms with van der Waals surface area (Å²) in [6, 6.07) is 1.18. The van der Waals surface area contributed by atoms with Crippen LogP contribution in [0.5, 0.6) is 5.75 Å². The monoisotopic (exact) mass is 362 g/mol. The fourth-order valence-corrected chi connectivity index (χ4v) is 2.30. The molecule has 114 valence electrons. The molecule has 1 N–H and O–H groups in total.